The quantitative estimate of drug-likeness (QED) is 0.797. The standard InChI is InChI=1S/C13H20F2N2O2/c1-9(2)6-10(8-18)16-13(19)11-4-3-5-17(11)7-12(14)15/h3-5,9-10,12,18H,6-8H2,1-2H3,(H,16,19). The van der Waals surface area contributed by atoms with Crippen LogP contribution in [0.15, 0.2) is 18.3 Å². The number of aliphatic hydroxyl groups is 1. The van der Waals surface area contributed by atoms with Gasteiger partial charge >= 0.3 is 0 Å². The van der Waals surface area contributed by atoms with Gasteiger partial charge in [-0.25, -0.2) is 8.78 Å². The molecule has 1 aromatic heterocycles. The van der Waals surface area contributed by atoms with Gasteiger partial charge in [0.2, 0.25) is 0 Å². The molecule has 0 saturated carbocycles. The predicted octanol–water partition coefficient (Wildman–Crippen LogP) is 1.89. The van der Waals surface area contributed by atoms with Crippen molar-refractivity contribution in [1.82, 2.24) is 9.88 Å². The fourth-order valence-corrected chi connectivity index (χ4v) is 1.94. The maximum atomic E-state index is 12.3. The number of halogens is 2. The smallest absolute Gasteiger partial charge is 0.268 e. The van der Waals surface area contributed by atoms with Crippen LogP contribution in [0.5, 0.6) is 0 Å². The molecule has 1 heterocycles. The molecule has 19 heavy (non-hydrogen) atoms. The zero-order chi connectivity index (χ0) is 14.4. The molecule has 0 aromatic carbocycles. The second-order valence-corrected chi connectivity index (χ2v) is 4.92. The van der Waals surface area contributed by atoms with Gasteiger partial charge in [0.1, 0.15) is 5.69 Å². The molecule has 0 aliphatic rings. The molecule has 0 fully saturated rings. The van der Waals surface area contributed by atoms with Crippen LogP contribution in [0.4, 0.5) is 8.78 Å². The first-order chi connectivity index (χ1) is 8.93. The number of carbonyl (C=O) groups excluding carboxylic acids is 1. The number of hydrogen-bond donors (Lipinski definition) is 2. The number of nitrogens with zero attached hydrogens (tertiary/aromatic N) is 1. The minimum absolute atomic E-state index is 0.167. The van der Waals surface area contributed by atoms with Gasteiger partial charge in [0.05, 0.1) is 19.2 Å². The average molecular weight is 274 g/mol. The van der Waals surface area contributed by atoms with Gasteiger partial charge in [0.15, 0.2) is 0 Å². The summed E-state index contributed by atoms with van der Waals surface area (Å²) in [4.78, 5) is 12.0. The zero-order valence-corrected chi connectivity index (χ0v) is 11.1. The third kappa shape index (κ3) is 4.98. The first kappa shape index (κ1) is 15.6. The van der Waals surface area contributed by atoms with Crippen LogP contribution in [-0.2, 0) is 6.54 Å². The summed E-state index contributed by atoms with van der Waals surface area (Å²) >= 11 is 0. The number of alkyl halides is 2. The maximum Gasteiger partial charge on any atom is 0.268 e. The van der Waals surface area contributed by atoms with Crippen molar-refractivity contribution in [2.24, 2.45) is 5.92 Å². The predicted molar refractivity (Wildman–Crippen MR) is 68.2 cm³/mol. The fraction of sp³-hybridized carbons (Fsp3) is 0.615. The molecular formula is C13H20F2N2O2. The molecular weight excluding hydrogens is 254 g/mol. The van der Waals surface area contributed by atoms with Gasteiger partial charge in [-0.15, -0.1) is 0 Å². The molecule has 0 saturated heterocycles. The van der Waals surface area contributed by atoms with Crippen LogP contribution in [0, 0.1) is 5.92 Å². The molecule has 0 aliphatic heterocycles. The van der Waals surface area contributed by atoms with Crippen LogP contribution in [-0.4, -0.2) is 34.7 Å². The molecule has 0 bridgehead atoms. The van der Waals surface area contributed by atoms with E-state index in [1.807, 2.05) is 13.8 Å². The van der Waals surface area contributed by atoms with E-state index >= 15 is 0 Å². The van der Waals surface area contributed by atoms with E-state index in [0.29, 0.717) is 12.3 Å². The average Bonchev–Trinajstić information content (AvgIpc) is 2.74. The highest BCUT2D eigenvalue weighted by molar-refractivity contribution is 5.92. The van der Waals surface area contributed by atoms with E-state index in [4.69, 9.17) is 0 Å². The van der Waals surface area contributed by atoms with Gasteiger partial charge in [0, 0.05) is 6.20 Å². The number of aliphatic hydroxyl groups excluding tert-OH is 1. The summed E-state index contributed by atoms with van der Waals surface area (Å²) < 4.78 is 25.9. The number of amides is 1. The summed E-state index contributed by atoms with van der Waals surface area (Å²) in [7, 11) is 0. The number of rotatable bonds is 7. The number of aromatic nitrogens is 1. The molecule has 1 unspecified atom stereocenters. The van der Waals surface area contributed by atoms with E-state index in [9.17, 15) is 18.7 Å². The lowest BCUT2D eigenvalue weighted by Crippen LogP contribution is -2.39. The molecule has 108 valence electrons. The molecule has 1 atom stereocenters. The summed E-state index contributed by atoms with van der Waals surface area (Å²) in [5.41, 5.74) is 0.183. The molecule has 4 nitrogen and oxygen atoms in total. The second kappa shape index (κ2) is 7.23. The van der Waals surface area contributed by atoms with Crippen LogP contribution in [0.3, 0.4) is 0 Å². The Morgan fingerprint density at radius 3 is 2.68 bits per heavy atom. The minimum atomic E-state index is -2.51. The molecule has 2 N–H and O–H groups in total. The van der Waals surface area contributed by atoms with E-state index in [2.05, 4.69) is 5.32 Å². The Morgan fingerprint density at radius 2 is 2.16 bits per heavy atom. The topological polar surface area (TPSA) is 54.3 Å². The van der Waals surface area contributed by atoms with E-state index < -0.39 is 18.9 Å². The Morgan fingerprint density at radius 1 is 1.47 bits per heavy atom. The molecule has 1 rings (SSSR count). The highest BCUT2D eigenvalue weighted by atomic mass is 19.3. The van der Waals surface area contributed by atoms with E-state index in [1.165, 1.54) is 16.8 Å². The normalized spacial score (nSPS) is 13.0. The lowest BCUT2D eigenvalue weighted by Gasteiger charge is -2.18. The van der Waals surface area contributed by atoms with Crippen molar-refractivity contribution in [2.45, 2.75) is 39.3 Å². The number of hydrogen-bond acceptors (Lipinski definition) is 2. The van der Waals surface area contributed by atoms with Crippen LogP contribution in [0.1, 0.15) is 30.8 Å². The Hall–Kier alpha value is -1.43. The van der Waals surface area contributed by atoms with Crippen molar-refractivity contribution >= 4 is 5.91 Å². The SMILES string of the molecule is CC(C)CC(CO)NC(=O)c1cccn1CC(F)F. The van der Waals surface area contributed by atoms with Crippen LogP contribution < -0.4 is 5.32 Å². The first-order valence-corrected chi connectivity index (χ1v) is 6.29. The third-order valence-electron chi connectivity index (χ3n) is 2.71. The minimum Gasteiger partial charge on any atom is -0.394 e. The van der Waals surface area contributed by atoms with Crippen LogP contribution in [0.2, 0.25) is 0 Å². The van der Waals surface area contributed by atoms with Crippen LogP contribution >= 0.6 is 0 Å². The lowest BCUT2D eigenvalue weighted by atomic mass is 10.0. The molecule has 1 amide bonds. The van der Waals surface area contributed by atoms with Gasteiger partial charge in [-0.3, -0.25) is 4.79 Å². The van der Waals surface area contributed by atoms with Crippen molar-refractivity contribution in [3.05, 3.63) is 24.0 Å². The van der Waals surface area contributed by atoms with E-state index in [1.54, 1.807) is 6.07 Å². The van der Waals surface area contributed by atoms with Gasteiger partial charge in [0.25, 0.3) is 12.3 Å². The van der Waals surface area contributed by atoms with Crippen molar-refractivity contribution in [3.63, 3.8) is 0 Å². The van der Waals surface area contributed by atoms with Gasteiger partial charge in [-0.2, -0.15) is 0 Å². The third-order valence-corrected chi connectivity index (χ3v) is 2.71. The Kier molecular flexibility index (Phi) is 5.95. The molecule has 6 heteroatoms. The van der Waals surface area contributed by atoms with Crippen LogP contribution in [0.25, 0.3) is 0 Å². The molecule has 0 spiro atoms. The van der Waals surface area contributed by atoms with Gasteiger partial charge in [-0.05, 0) is 24.5 Å². The summed E-state index contributed by atoms with van der Waals surface area (Å²) in [6, 6.07) is 2.68. The summed E-state index contributed by atoms with van der Waals surface area (Å²) in [6.45, 7) is 3.28. The van der Waals surface area contributed by atoms with Crippen molar-refractivity contribution in [2.75, 3.05) is 6.61 Å². The van der Waals surface area contributed by atoms with Crippen molar-refractivity contribution in [1.29, 1.82) is 0 Å². The van der Waals surface area contributed by atoms with E-state index in [0.717, 1.165) is 0 Å². The highest BCUT2D eigenvalue weighted by Gasteiger charge is 2.18. The number of carbonyl (C=O) groups is 1. The largest absolute Gasteiger partial charge is 0.394 e. The Bertz CT molecular complexity index is 405. The first-order valence-electron chi connectivity index (χ1n) is 6.29. The molecule has 0 radical (unpaired) electrons. The Labute approximate surface area is 111 Å². The molecule has 1 aromatic rings. The second-order valence-electron chi connectivity index (χ2n) is 4.92. The van der Waals surface area contributed by atoms with Gasteiger partial charge in [-0.1, -0.05) is 13.8 Å². The maximum absolute atomic E-state index is 12.3. The van der Waals surface area contributed by atoms with Crippen molar-refractivity contribution in [3.8, 4) is 0 Å². The van der Waals surface area contributed by atoms with Crippen molar-refractivity contribution < 1.29 is 18.7 Å². The highest BCUT2D eigenvalue weighted by Crippen LogP contribution is 2.09. The zero-order valence-electron chi connectivity index (χ0n) is 11.1. The monoisotopic (exact) mass is 274 g/mol. The number of nitrogens with one attached hydrogen (secondary N) is 1. The summed E-state index contributed by atoms with van der Waals surface area (Å²) in [6.07, 6.45) is -0.432. The summed E-state index contributed by atoms with van der Waals surface area (Å²) in [5, 5.41) is 11.9. The Balaban J connectivity index is 2.69. The van der Waals surface area contributed by atoms with Gasteiger partial charge < -0.3 is 15.0 Å². The fourth-order valence-electron chi connectivity index (χ4n) is 1.94. The molecule has 0 aliphatic carbocycles. The summed E-state index contributed by atoms with van der Waals surface area (Å²) in [5.74, 6) is -0.115. The van der Waals surface area contributed by atoms with E-state index in [-0.39, 0.29) is 18.3 Å². The lowest BCUT2D eigenvalue weighted by molar-refractivity contribution is 0.0886.